The summed E-state index contributed by atoms with van der Waals surface area (Å²) in [4.78, 5) is 3.91. The molecule has 0 radical (unpaired) electrons. The first-order chi connectivity index (χ1) is 8.60. The number of hydrogen-bond acceptors (Lipinski definition) is 3. The van der Waals surface area contributed by atoms with Crippen molar-refractivity contribution in [1.82, 2.24) is 4.98 Å². The molecule has 18 heavy (non-hydrogen) atoms. The summed E-state index contributed by atoms with van der Waals surface area (Å²) in [6.45, 7) is -0.257. The summed E-state index contributed by atoms with van der Waals surface area (Å²) in [7, 11) is 0. The third-order valence-corrected chi connectivity index (χ3v) is 2.58. The van der Waals surface area contributed by atoms with Crippen molar-refractivity contribution in [3.05, 3.63) is 52.1 Å². The number of nitrogens with zero attached hydrogens (tertiary/aromatic N) is 1. The van der Waals surface area contributed by atoms with E-state index < -0.39 is 11.6 Å². The molecule has 94 valence electrons. The van der Waals surface area contributed by atoms with Crippen molar-refractivity contribution in [2.75, 3.05) is 0 Å². The summed E-state index contributed by atoms with van der Waals surface area (Å²) in [5.74, 6) is -2.30. The van der Waals surface area contributed by atoms with Crippen molar-refractivity contribution in [2.24, 2.45) is 0 Å². The Morgan fingerprint density at radius 3 is 2.78 bits per heavy atom. The van der Waals surface area contributed by atoms with Gasteiger partial charge in [0.05, 0.1) is 12.3 Å². The van der Waals surface area contributed by atoms with Gasteiger partial charge in [-0.05, 0) is 18.2 Å². The van der Waals surface area contributed by atoms with E-state index in [1.807, 2.05) is 0 Å². The zero-order valence-electron chi connectivity index (χ0n) is 9.03. The monoisotopic (exact) mass is 315 g/mol. The van der Waals surface area contributed by atoms with E-state index in [1.54, 1.807) is 12.1 Å². The summed E-state index contributed by atoms with van der Waals surface area (Å²) in [6.07, 6.45) is 0. The molecule has 0 aliphatic heterocycles. The van der Waals surface area contributed by atoms with Gasteiger partial charge in [-0.25, -0.2) is 9.37 Å². The predicted molar refractivity (Wildman–Crippen MR) is 64.3 cm³/mol. The molecule has 0 saturated heterocycles. The van der Waals surface area contributed by atoms with E-state index in [2.05, 4.69) is 20.9 Å². The van der Waals surface area contributed by atoms with Crippen LogP contribution in [-0.4, -0.2) is 10.1 Å². The van der Waals surface area contributed by atoms with Gasteiger partial charge in [0.1, 0.15) is 0 Å². The molecule has 0 atom stereocenters. The van der Waals surface area contributed by atoms with Gasteiger partial charge in [0.15, 0.2) is 11.6 Å². The van der Waals surface area contributed by atoms with Gasteiger partial charge in [0.25, 0.3) is 0 Å². The van der Waals surface area contributed by atoms with E-state index in [0.717, 1.165) is 6.07 Å². The van der Waals surface area contributed by atoms with Crippen molar-refractivity contribution in [3.8, 4) is 11.6 Å². The molecule has 1 N–H and O–H groups in total. The molecule has 0 amide bonds. The third kappa shape index (κ3) is 2.83. The number of aliphatic hydroxyl groups excluding tert-OH is 1. The van der Waals surface area contributed by atoms with Crippen LogP contribution in [0.3, 0.4) is 0 Å². The molecule has 1 heterocycles. The topological polar surface area (TPSA) is 42.4 Å². The van der Waals surface area contributed by atoms with Crippen LogP contribution in [-0.2, 0) is 6.61 Å². The molecule has 2 aromatic rings. The van der Waals surface area contributed by atoms with Gasteiger partial charge in [-0.15, -0.1) is 0 Å². The van der Waals surface area contributed by atoms with Crippen LogP contribution in [0.25, 0.3) is 0 Å². The maximum Gasteiger partial charge on any atom is 0.219 e. The van der Waals surface area contributed by atoms with Gasteiger partial charge in [-0.3, -0.25) is 0 Å². The van der Waals surface area contributed by atoms with Crippen LogP contribution >= 0.6 is 15.9 Å². The van der Waals surface area contributed by atoms with Crippen LogP contribution in [0.2, 0.25) is 0 Å². The SMILES string of the molecule is OCc1cccc(Oc2cc(Br)cc(F)c2F)n1. The first kappa shape index (κ1) is 12.9. The molecule has 0 spiro atoms. The number of hydrogen-bond donors (Lipinski definition) is 1. The zero-order valence-corrected chi connectivity index (χ0v) is 10.6. The van der Waals surface area contributed by atoms with Gasteiger partial charge < -0.3 is 9.84 Å². The second kappa shape index (κ2) is 5.41. The summed E-state index contributed by atoms with van der Waals surface area (Å²) in [6, 6.07) is 6.97. The molecule has 0 aliphatic carbocycles. The highest BCUT2D eigenvalue weighted by Crippen LogP contribution is 2.28. The molecule has 0 fully saturated rings. The number of halogens is 3. The highest BCUT2D eigenvalue weighted by atomic mass is 79.9. The van der Waals surface area contributed by atoms with E-state index >= 15 is 0 Å². The highest BCUT2D eigenvalue weighted by Gasteiger charge is 2.12. The summed E-state index contributed by atoms with van der Waals surface area (Å²) in [5, 5.41) is 8.91. The van der Waals surface area contributed by atoms with Gasteiger partial charge in [-0.1, -0.05) is 22.0 Å². The molecule has 1 aromatic heterocycles. The fourth-order valence-electron chi connectivity index (χ4n) is 1.32. The van der Waals surface area contributed by atoms with Crippen molar-refractivity contribution in [1.29, 1.82) is 0 Å². The second-order valence-electron chi connectivity index (χ2n) is 3.43. The van der Waals surface area contributed by atoms with Crippen LogP contribution in [0.5, 0.6) is 11.6 Å². The smallest absolute Gasteiger partial charge is 0.219 e. The maximum atomic E-state index is 13.5. The molecule has 2 rings (SSSR count). The first-order valence-corrected chi connectivity index (χ1v) is 5.78. The van der Waals surface area contributed by atoms with Crippen molar-refractivity contribution in [3.63, 3.8) is 0 Å². The second-order valence-corrected chi connectivity index (χ2v) is 4.34. The Kier molecular flexibility index (Phi) is 3.88. The van der Waals surface area contributed by atoms with E-state index in [0.29, 0.717) is 10.2 Å². The lowest BCUT2D eigenvalue weighted by Gasteiger charge is -2.07. The van der Waals surface area contributed by atoms with E-state index in [9.17, 15) is 8.78 Å². The lowest BCUT2D eigenvalue weighted by Crippen LogP contribution is -1.96. The number of pyridine rings is 1. The molecule has 1 aromatic carbocycles. The molecular weight excluding hydrogens is 308 g/mol. The largest absolute Gasteiger partial charge is 0.436 e. The van der Waals surface area contributed by atoms with E-state index in [4.69, 9.17) is 9.84 Å². The lowest BCUT2D eigenvalue weighted by molar-refractivity contribution is 0.275. The van der Waals surface area contributed by atoms with Crippen molar-refractivity contribution in [2.45, 2.75) is 6.61 Å². The molecule has 0 unspecified atom stereocenters. The minimum atomic E-state index is -1.09. The third-order valence-electron chi connectivity index (χ3n) is 2.12. The molecule has 0 saturated carbocycles. The fraction of sp³-hybridized carbons (Fsp3) is 0.0833. The van der Waals surface area contributed by atoms with Gasteiger partial charge in [-0.2, -0.15) is 4.39 Å². The number of aliphatic hydroxyl groups is 1. The Morgan fingerprint density at radius 2 is 2.06 bits per heavy atom. The van der Waals surface area contributed by atoms with Crippen LogP contribution in [0.15, 0.2) is 34.8 Å². The lowest BCUT2D eigenvalue weighted by atomic mass is 10.3. The fourth-order valence-corrected chi connectivity index (χ4v) is 1.73. The number of rotatable bonds is 3. The molecule has 0 aliphatic rings. The Morgan fingerprint density at radius 1 is 1.28 bits per heavy atom. The van der Waals surface area contributed by atoms with Gasteiger partial charge >= 0.3 is 0 Å². The minimum Gasteiger partial charge on any atom is -0.436 e. The Labute approximate surface area is 110 Å². The quantitative estimate of drug-likeness (QED) is 0.883. The summed E-state index contributed by atoms with van der Waals surface area (Å²) < 4.78 is 32.1. The standard InChI is InChI=1S/C12H8BrF2NO2/c13-7-4-9(14)12(15)10(5-7)18-11-3-1-2-8(6-17)16-11/h1-5,17H,6H2. The maximum absolute atomic E-state index is 13.5. The van der Waals surface area contributed by atoms with Crippen LogP contribution in [0.4, 0.5) is 8.78 Å². The number of benzene rings is 1. The molecular formula is C12H8BrF2NO2. The predicted octanol–water partition coefficient (Wildman–Crippen LogP) is 3.41. The first-order valence-electron chi connectivity index (χ1n) is 4.99. The van der Waals surface area contributed by atoms with E-state index in [1.165, 1.54) is 12.1 Å². The number of aromatic nitrogens is 1. The average Bonchev–Trinajstić information content (AvgIpc) is 2.35. The normalized spacial score (nSPS) is 10.4. The Bertz CT molecular complexity index is 578. The number of ether oxygens (including phenoxy) is 1. The average molecular weight is 316 g/mol. The van der Waals surface area contributed by atoms with Crippen LogP contribution in [0.1, 0.15) is 5.69 Å². The minimum absolute atomic E-state index is 0.0814. The Balaban J connectivity index is 2.33. The Hall–Kier alpha value is -1.53. The van der Waals surface area contributed by atoms with Crippen LogP contribution < -0.4 is 4.74 Å². The molecule has 6 heteroatoms. The van der Waals surface area contributed by atoms with E-state index in [-0.39, 0.29) is 18.2 Å². The summed E-state index contributed by atoms with van der Waals surface area (Å²) in [5.41, 5.74) is 0.378. The molecule has 0 bridgehead atoms. The van der Waals surface area contributed by atoms with Gasteiger partial charge in [0, 0.05) is 10.5 Å². The zero-order chi connectivity index (χ0) is 13.1. The summed E-state index contributed by atoms with van der Waals surface area (Å²) >= 11 is 3.04. The highest BCUT2D eigenvalue weighted by molar-refractivity contribution is 9.10. The molecule has 3 nitrogen and oxygen atoms in total. The van der Waals surface area contributed by atoms with Crippen LogP contribution in [0, 0.1) is 11.6 Å². The van der Waals surface area contributed by atoms with Crippen molar-refractivity contribution < 1.29 is 18.6 Å². The van der Waals surface area contributed by atoms with Crippen molar-refractivity contribution >= 4 is 15.9 Å². The van der Waals surface area contributed by atoms with Gasteiger partial charge in [0.2, 0.25) is 11.7 Å².